The average Bonchev–Trinajstić information content (AvgIpc) is 2.92. The van der Waals surface area contributed by atoms with E-state index in [4.69, 9.17) is 9.47 Å². The van der Waals surface area contributed by atoms with E-state index < -0.39 is 0 Å². The van der Waals surface area contributed by atoms with Crippen molar-refractivity contribution in [2.75, 3.05) is 26.4 Å². The third kappa shape index (κ3) is 3.95. The van der Waals surface area contributed by atoms with Gasteiger partial charge in [-0.15, -0.1) is 0 Å². The van der Waals surface area contributed by atoms with Crippen molar-refractivity contribution in [1.82, 2.24) is 5.32 Å². The summed E-state index contributed by atoms with van der Waals surface area (Å²) in [7, 11) is 0. The molecule has 1 aromatic carbocycles. The van der Waals surface area contributed by atoms with E-state index in [1.54, 1.807) is 0 Å². The van der Waals surface area contributed by atoms with Gasteiger partial charge in [0, 0.05) is 24.8 Å². The molecule has 0 saturated carbocycles. The van der Waals surface area contributed by atoms with E-state index in [0.29, 0.717) is 18.6 Å². The Balaban J connectivity index is 2.12. The summed E-state index contributed by atoms with van der Waals surface area (Å²) in [4.78, 5) is 0. The normalized spacial score (nSPS) is 20.4. The van der Waals surface area contributed by atoms with E-state index in [-0.39, 0.29) is 0 Å². The quantitative estimate of drug-likeness (QED) is 0.819. The van der Waals surface area contributed by atoms with Gasteiger partial charge in [0.1, 0.15) is 5.75 Å². The minimum atomic E-state index is 0.361. The van der Waals surface area contributed by atoms with Crippen LogP contribution in [0.15, 0.2) is 24.3 Å². The van der Waals surface area contributed by atoms with E-state index in [1.165, 1.54) is 12.0 Å². The molecule has 2 rings (SSSR count). The lowest BCUT2D eigenvalue weighted by atomic mass is 9.93. The van der Waals surface area contributed by atoms with E-state index >= 15 is 0 Å². The second-order valence-electron chi connectivity index (χ2n) is 5.05. The molecule has 3 heteroatoms. The van der Waals surface area contributed by atoms with Gasteiger partial charge in [-0.25, -0.2) is 0 Å². The van der Waals surface area contributed by atoms with Crippen LogP contribution in [0, 0.1) is 5.92 Å². The molecule has 0 spiro atoms. The van der Waals surface area contributed by atoms with Crippen LogP contribution in [0.5, 0.6) is 5.75 Å². The Bertz CT molecular complexity index is 375. The number of para-hydroxylation sites is 1. The highest BCUT2D eigenvalue weighted by Crippen LogP contribution is 2.31. The fraction of sp³-hybridized carbons (Fsp3) is 0.625. The van der Waals surface area contributed by atoms with Gasteiger partial charge < -0.3 is 14.8 Å². The first-order valence-electron chi connectivity index (χ1n) is 7.38. The van der Waals surface area contributed by atoms with Crippen LogP contribution < -0.4 is 10.1 Å². The standard InChI is InChI=1S/C16H25NO2/c1-3-17-15(11-13-9-10-18-12-13)14-7-5-6-8-16(14)19-4-2/h5-8,13,15,17H,3-4,9-12H2,1-2H3. The molecule has 106 valence electrons. The van der Waals surface area contributed by atoms with Crippen LogP contribution in [0.1, 0.15) is 38.3 Å². The molecular weight excluding hydrogens is 238 g/mol. The number of benzene rings is 1. The largest absolute Gasteiger partial charge is 0.494 e. The first-order valence-corrected chi connectivity index (χ1v) is 7.38. The number of hydrogen-bond acceptors (Lipinski definition) is 3. The van der Waals surface area contributed by atoms with Crippen molar-refractivity contribution in [1.29, 1.82) is 0 Å². The minimum absolute atomic E-state index is 0.361. The lowest BCUT2D eigenvalue weighted by molar-refractivity contribution is 0.181. The second kappa shape index (κ2) is 7.51. The lowest BCUT2D eigenvalue weighted by Crippen LogP contribution is -2.24. The van der Waals surface area contributed by atoms with E-state index in [1.807, 2.05) is 13.0 Å². The summed E-state index contributed by atoms with van der Waals surface area (Å²) in [6.07, 6.45) is 2.30. The van der Waals surface area contributed by atoms with E-state index in [0.717, 1.165) is 31.9 Å². The van der Waals surface area contributed by atoms with E-state index in [2.05, 4.69) is 30.4 Å². The Kier molecular flexibility index (Phi) is 5.67. The van der Waals surface area contributed by atoms with Crippen molar-refractivity contribution in [3.8, 4) is 5.75 Å². The van der Waals surface area contributed by atoms with Gasteiger partial charge in [-0.05, 0) is 38.3 Å². The summed E-state index contributed by atoms with van der Waals surface area (Å²) >= 11 is 0. The third-order valence-corrected chi connectivity index (χ3v) is 3.64. The van der Waals surface area contributed by atoms with Gasteiger partial charge in [0.2, 0.25) is 0 Å². The van der Waals surface area contributed by atoms with Crippen LogP contribution in [0.25, 0.3) is 0 Å². The minimum Gasteiger partial charge on any atom is -0.494 e. The Hall–Kier alpha value is -1.06. The molecule has 0 amide bonds. The number of hydrogen-bond donors (Lipinski definition) is 1. The molecule has 1 heterocycles. The predicted molar refractivity (Wildman–Crippen MR) is 77.6 cm³/mol. The molecule has 0 radical (unpaired) electrons. The summed E-state index contributed by atoms with van der Waals surface area (Å²) in [5.74, 6) is 1.67. The van der Waals surface area contributed by atoms with Crippen molar-refractivity contribution in [2.45, 2.75) is 32.7 Å². The number of ether oxygens (including phenoxy) is 2. The summed E-state index contributed by atoms with van der Waals surface area (Å²) in [6.45, 7) is 7.68. The third-order valence-electron chi connectivity index (χ3n) is 3.64. The summed E-state index contributed by atoms with van der Waals surface area (Å²) in [5.41, 5.74) is 1.28. The van der Waals surface area contributed by atoms with Crippen LogP contribution >= 0.6 is 0 Å². The SMILES string of the molecule is CCNC(CC1CCOC1)c1ccccc1OCC. The lowest BCUT2D eigenvalue weighted by Gasteiger charge is -2.23. The maximum Gasteiger partial charge on any atom is 0.124 e. The zero-order valence-corrected chi connectivity index (χ0v) is 12.0. The average molecular weight is 263 g/mol. The zero-order chi connectivity index (χ0) is 13.5. The van der Waals surface area contributed by atoms with Gasteiger partial charge in [0.15, 0.2) is 0 Å². The molecule has 1 aliphatic rings. The molecule has 1 aromatic rings. The Morgan fingerprint density at radius 2 is 2.21 bits per heavy atom. The number of rotatable bonds is 7. The van der Waals surface area contributed by atoms with Crippen LogP contribution in [-0.2, 0) is 4.74 Å². The molecular formula is C16H25NO2. The molecule has 0 aromatic heterocycles. The summed E-state index contributed by atoms with van der Waals surface area (Å²) in [5, 5.41) is 3.59. The Morgan fingerprint density at radius 1 is 1.37 bits per heavy atom. The fourth-order valence-electron chi connectivity index (χ4n) is 2.72. The predicted octanol–water partition coefficient (Wildman–Crippen LogP) is 3.16. The van der Waals surface area contributed by atoms with Crippen molar-refractivity contribution >= 4 is 0 Å². The maximum atomic E-state index is 5.76. The van der Waals surface area contributed by atoms with Crippen LogP contribution in [0.4, 0.5) is 0 Å². The molecule has 3 nitrogen and oxygen atoms in total. The van der Waals surface area contributed by atoms with Gasteiger partial charge in [0.25, 0.3) is 0 Å². The van der Waals surface area contributed by atoms with Crippen molar-refractivity contribution in [2.24, 2.45) is 5.92 Å². The van der Waals surface area contributed by atoms with Gasteiger partial charge in [-0.1, -0.05) is 25.1 Å². The van der Waals surface area contributed by atoms with Gasteiger partial charge in [-0.3, -0.25) is 0 Å². The maximum absolute atomic E-state index is 5.76. The van der Waals surface area contributed by atoms with Crippen LogP contribution in [-0.4, -0.2) is 26.4 Å². The van der Waals surface area contributed by atoms with Crippen LogP contribution in [0.3, 0.4) is 0 Å². The molecule has 2 atom stereocenters. The zero-order valence-electron chi connectivity index (χ0n) is 12.0. The molecule has 0 bridgehead atoms. The molecule has 19 heavy (non-hydrogen) atoms. The number of nitrogens with one attached hydrogen (secondary N) is 1. The second-order valence-corrected chi connectivity index (χ2v) is 5.05. The first kappa shape index (κ1) is 14.4. The van der Waals surface area contributed by atoms with Crippen molar-refractivity contribution in [3.63, 3.8) is 0 Å². The van der Waals surface area contributed by atoms with Gasteiger partial charge in [-0.2, -0.15) is 0 Å². The molecule has 2 unspecified atom stereocenters. The smallest absolute Gasteiger partial charge is 0.124 e. The monoisotopic (exact) mass is 263 g/mol. The fourth-order valence-corrected chi connectivity index (χ4v) is 2.72. The Labute approximate surface area is 116 Å². The highest BCUT2D eigenvalue weighted by molar-refractivity contribution is 5.36. The van der Waals surface area contributed by atoms with Crippen molar-refractivity contribution < 1.29 is 9.47 Å². The van der Waals surface area contributed by atoms with Gasteiger partial charge in [0.05, 0.1) is 6.61 Å². The Morgan fingerprint density at radius 3 is 2.89 bits per heavy atom. The summed E-state index contributed by atoms with van der Waals surface area (Å²) in [6, 6.07) is 8.73. The highest BCUT2D eigenvalue weighted by atomic mass is 16.5. The molecule has 1 fully saturated rings. The van der Waals surface area contributed by atoms with Crippen LogP contribution in [0.2, 0.25) is 0 Å². The van der Waals surface area contributed by atoms with E-state index in [9.17, 15) is 0 Å². The van der Waals surface area contributed by atoms with Gasteiger partial charge >= 0.3 is 0 Å². The van der Waals surface area contributed by atoms with Crippen molar-refractivity contribution in [3.05, 3.63) is 29.8 Å². The molecule has 1 aliphatic heterocycles. The summed E-state index contributed by atoms with van der Waals surface area (Å²) < 4.78 is 11.2. The topological polar surface area (TPSA) is 30.5 Å². The molecule has 0 aliphatic carbocycles. The molecule has 1 N–H and O–H groups in total. The first-order chi connectivity index (χ1) is 9.35. The molecule has 1 saturated heterocycles. The highest BCUT2D eigenvalue weighted by Gasteiger charge is 2.23.